The number of fused-ring (bicyclic) bond motifs is 1. The Kier molecular flexibility index (Phi) is 7.56. The summed E-state index contributed by atoms with van der Waals surface area (Å²) in [5.74, 6) is 0.204. The molecule has 0 bridgehead atoms. The fourth-order valence-corrected chi connectivity index (χ4v) is 3.55. The summed E-state index contributed by atoms with van der Waals surface area (Å²) in [6, 6.07) is 6.15. The van der Waals surface area contributed by atoms with Gasteiger partial charge in [0.2, 0.25) is 0 Å². The topological polar surface area (TPSA) is 78.3 Å². The van der Waals surface area contributed by atoms with Crippen molar-refractivity contribution in [2.24, 2.45) is 0 Å². The Hall–Kier alpha value is -2.86. The van der Waals surface area contributed by atoms with E-state index >= 15 is 0 Å². The maximum Gasteiger partial charge on any atom is 0.336 e. The smallest absolute Gasteiger partial charge is 0.336 e. The third-order valence-corrected chi connectivity index (χ3v) is 5.61. The third-order valence-electron chi connectivity index (χ3n) is 5.61. The summed E-state index contributed by atoms with van der Waals surface area (Å²) in [6.07, 6.45) is 8.75. The molecule has 2 heterocycles. The van der Waals surface area contributed by atoms with Crippen LogP contribution in [-0.2, 0) is 9.53 Å². The lowest BCUT2D eigenvalue weighted by Gasteiger charge is -2.11. The quantitative estimate of drug-likeness (QED) is 0.154. The van der Waals surface area contributed by atoms with Crippen LogP contribution in [0.5, 0.6) is 11.5 Å². The van der Waals surface area contributed by atoms with Crippen LogP contribution in [0.25, 0.3) is 11.0 Å². The number of esters is 1. The molecule has 0 saturated carbocycles. The van der Waals surface area contributed by atoms with E-state index in [1.54, 1.807) is 18.2 Å². The number of epoxide rings is 1. The Labute approximate surface area is 188 Å². The number of ether oxygens (including phenoxy) is 3. The maximum absolute atomic E-state index is 11.5. The summed E-state index contributed by atoms with van der Waals surface area (Å²) in [6.45, 7) is 10.2. The Bertz CT molecular complexity index is 1090. The lowest BCUT2D eigenvalue weighted by Crippen LogP contribution is -2.05. The molecule has 0 spiro atoms. The highest BCUT2D eigenvalue weighted by Crippen LogP contribution is 2.39. The van der Waals surface area contributed by atoms with E-state index < -0.39 is 11.6 Å². The molecule has 3 rings (SSSR count). The van der Waals surface area contributed by atoms with Crippen molar-refractivity contribution in [3.63, 3.8) is 0 Å². The van der Waals surface area contributed by atoms with Crippen LogP contribution in [0, 0.1) is 0 Å². The summed E-state index contributed by atoms with van der Waals surface area (Å²) in [5.41, 5.74) is 2.60. The van der Waals surface area contributed by atoms with Crippen LogP contribution in [0.15, 0.2) is 56.8 Å². The van der Waals surface area contributed by atoms with E-state index in [2.05, 4.69) is 33.8 Å². The largest absolute Gasteiger partial charge is 0.485 e. The fraction of sp³-hybridized carbons (Fsp3) is 0.462. The molecule has 172 valence electrons. The standard InChI is InChI=1S/C26H32O6/c1-17(9-11-24-26(4,5)32-24)7-6-8-18(2)13-14-29-22-16-21-20(10-12-25(28)31-21)15-23(22)30-19(3)27/h7,10,12-13,15-16,24H,6,8-9,11,14H2,1-5H3/b17-7+,18-13+. The predicted octanol–water partition coefficient (Wildman–Crippen LogP) is 5.73. The molecule has 2 aromatic rings. The van der Waals surface area contributed by atoms with Gasteiger partial charge in [-0.05, 0) is 71.6 Å². The van der Waals surface area contributed by atoms with Gasteiger partial charge < -0.3 is 18.6 Å². The van der Waals surface area contributed by atoms with Gasteiger partial charge in [0.25, 0.3) is 0 Å². The molecule has 1 unspecified atom stereocenters. The SMILES string of the molecule is CC(=O)Oc1cc2ccc(=O)oc2cc1OC/C=C(\C)CC/C=C(\C)CCC1OC1(C)C. The van der Waals surface area contributed by atoms with Crippen molar-refractivity contribution in [3.8, 4) is 11.5 Å². The monoisotopic (exact) mass is 440 g/mol. The summed E-state index contributed by atoms with van der Waals surface area (Å²) in [4.78, 5) is 23.0. The van der Waals surface area contributed by atoms with Gasteiger partial charge >= 0.3 is 11.6 Å². The second-order valence-electron chi connectivity index (χ2n) is 8.88. The van der Waals surface area contributed by atoms with Gasteiger partial charge in [0.1, 0.15) is 12.2 Å². The van der Waals surface area contributed by atoms with E-state index in [1.165, 1.54) is 24.1 Å². The van der Waals surface area contributed by atoms with E-state index in [0.29, 0.717) is 35.2 Å². The van der Waals surface area contributed by atoms with Crippen LogP contribution in [0.3, 0.4) is 0 Å². The minimum atomic E-state index is -0.448. The zero-order chi connectivity index (χ0) is 23.3. The summed E-state index contributed by atoms with van der Waals surface area (Å²) >= 11 is 0. The van der Waals surface area contributed by atoms with Crippen molar-refractivity contribution < 1.29 is 23.4 Å². The van der Waals surface area contributed by atoms with Crippen molar-refractivity contribution in [3.05, 3.63) is 58.0 Å². The number of hydrogen-bond acceptors (Lipinski definition) is 6. The Balaban J connectivity index is 1.54. The molecule has 1 aliphatic rings. The van der Waals surface area contributed by atoms with Gasteiger partial charge in [0.05, 0.1) is 11.7 Å². The van der Waals surface area contributed by atoms with E-state index in [-0.39, 0.29) is 5.60 Å². The highest BCUT2D eigenvalue weighted by atomic mass is 16.6. The molecular weight excluding hydrogens is 408 g/mol. The zero-order valence-corrected chi connectivity index (χ0v) is 19.5. The van der Waals surface area contributed by atoms with Crippen LogP contribution in [0.2, 0.25) is 0 Å². The number of allylic oxidation sites excluding steroid dienone is 3. The van der Waals surface area contributed by atoms with Crippen molar-refractivity contribution in [2.75, 3.05) is 6.61 Å². The second-order valence-corrected chi connectivity index (χ2v) is 8.88. The molecule has 1 saturated heterocycles. The summed E-state index contributed by atoms with van der Waals surface area (Å²) in [7, 11) is 0. The first-order valence-corrected chi connectivity index (χ1v) is 11.0. The zero-order valence-electron chi connectivity index (χ0n) is 19.5. The molecule has 1 aromatic carbocycles. The van der Waals surface area contributed by atoms with Crippen molar-refractivity contribution in [1.82, 2.24) is 0 Å². The van der Waals surface area contributed by atoms with Gasteiger partial charge in [-0.25, -0.2) is 4.79 Å². The average molecular weight is 441 g/mol. The molecule has 0 aliphatic carbocycles. The molecule has 6 heteroatoms. The Morgan fingerprint density at radius 2 is 1.78 bits per heavy atom. The molecule has 6 nitrogen and oxygen atoms in total. The second kappa shape index (κ2) is 10.2. The lowest BCUT2D eigenvalue weighted by atomic mass is 10.0. The molecule has 0 radical (unpaired) electrons. The Morgan fingerprint density at radius 1 is 1.06 bits per heavy atom. The van der Waals surface area contributed by atoms with Crippen LogP contribution < -0.4 is 15.1 Å². The summed E-state index contributed by atoms with van der Waals surface area (Å²) in [5, 5.41) is 0.652. The van der Waals surface area contributed by atoms with Crippen molar-refractivity contribution in [1.29, 1.82) is 0 Å². The molecule has 1 aromatic heterocycles. The maximum atomic E-state index is 11.5. The first-order chi connectivity index (χ1) is 15.1. The van der Waals surface area contributed by atoms with E-state index in [4.69, 9.17) is 18.6 Å². The van der Waals surface area contributed by atoms with Gasteiger partial charge in [0.15, 0.2) is 11.5 Å². The van der Waals surface area contributed by atoms with Gasteiger partial charge in [-0.1, -0.05) is 17.2 Å². The molecular formula is C26H32O6. The molecule has 0 N–H and O–H groups in total. The third kappa shape index (κ3) is 6.82. The number of hydrogen-bond donors (Lipinski definition) is 0. The van der Waals surface area contributed by atoms with Crippen molar-refractivity contribution >= 4 is 16.9 Å². The molecule has 0 amide bonds. The molecule has 1 atom stereocenters. The minimum Gasteiger partial charge on any atom is -0.485 e. The number of rotatable bonds is 10. The summed E-state index contributed by atoms with van der Waals surface area (Å²) < 4.78 is 21.9. The van der Waals surface area contributed by atoms with Gasteiger partial charge in [-0.2, -0.15) is 0 Å². The number of carbonyl (C=O) groups excluding carboxylic acids is 1. The van der Waals surface area contributed by atoms with Crippen LogP contribution >= 0.6 is 0 Å². The highest BCUT2D eigenvalue weighted by Gasteiger charge is 2.46. The molecule has 1 fully saturated rings. The molecule has 1 aliphatic heterocycles. The van der Waals surface area contributed by atoms with Gasteiger partial charge in [-0.3, -0.25) is 4.79 Å². The number of carbonyl (C=O) groups is 1. The highest BCUT2D eigenvalue weighted by molar-refractivity contribution is 5.82. The fourth-order valence-electron chi connectivity index (χ4n) is 3.55. The molecule has 32 heavy (non-hydrogen) atoms. The number of benzene rings is 1. The van der Waals surface area contributed by atoms with Crippen LogP contribution in [-0.4, -0.2) is 24.3 Å². The van der Waals surface area contributed by atoms with Gasteiger partial charge in [-0.15, -0.1) is 0 Å². The van der Waals surface area contributed by atoms with E-state index in [1.807, 2.05) is 6.08 Å². The van der Waals surface area contributed by atoms with E-state index in [9.17, 15) is 9.59 Å². The first kappa shape index (κ1) is 23.8. The lowest BCUT2D eigenvalue weighted by molar-refractivity contribution is -0.132. The average Bonchev–Trinajstić information content (AvgIpc) is 3.33. The normalized spacial score (nSPS) is 18.0. The predicted molar refractivity (Wildman–Crippen MR) is 124 cm³/mol. The van der Waals surface area contributed by atoms with E-state index in [0.717, 1.165) is 25.7 Å². The first-order valence-electron chi connectivity index (χ1n) is 11.0. The van der Waals surface area contributed by atoms with Crippen LogP contribution in [0.4, 0.5) is 0 Å². The van der Waals surface area contributed by atoms with Gasteiger partial charge in [0, 0.05) is 24.4 Å². The minimum absolute atomic E-state index is 0.0608. The van der Waals surface area contributed by atoms with Crippen LogP contribution in [0.1, 0.15) is 60.3 Å². The van der Waals surface area contributed by atoms with Crippen molar-refractivity contribution in [2.45, 2.75) is 72.0 Å². The Morgan fingerprint density at radius 3 is 2.47 bits per heavy atom.